The molecule has 1 aromatic rings. The van der Waals surface area contributed by atoms with Crippen LogP contribution in [0.4, 0.5) is 5.69 Å². The van der Waals surface area contributed by atoms with Gasteiger partial charge in [0, 0.05) is 64.0 Å². The van der Waals surface area contributed by atoms with Gasteiger partial charge in [-0.05, 0) is 24.3 Å². The number of rotatable bonds is 2. The molecule has 15 heavy (non-hydrogen) atoms. The summed E-state index contributed by atoms with van der Waals surface area (Å²) in [5.74, 6) is -0.873. The van der Waals surface area contributed by atoms with Gasteiger partial charge in [0.15, 0.2) is 0 Å². The smallest absolute Gasteiger partial charge is 0.341 e. The van der Waals surface area contributed by atoms with Crippen LogP contribution < -0.4 is 5.73 Å². The molecule has 0 heterocycles. The minimum Gasteiger partial charge on any atom is -0.399 e. The summed E-state index contributed by atoms with van der Waals surface area (Å²) in [5.41, 5.74) is 5.81. The van der Waals surface area contributed by atoms with Gasteiger partial charge in [0.2, 0.25) is 0 Å². The van der Waals surface area contributed by atoms with Crippen LogP contribution in [0.3, 0.4) is 0 Å². The minimum absolute atomic E-state index is 0. The van der Waals surface area contributed by atoms with E-state index in [0.717, 1.165) is 6.92 Å². The van der Waals surface area contributed by atoms with Crippen LogP contribution in [0.2, 0.25) is 0 Å². The summed E-state index contributed by atoms with van der Waals surface area (Å²) >= 11 is 0. The maximum Gasteiger partial charge on any atom is 0.341 e. The molecule has 1 rings (SSSR count). The van der Waals surface area contributed by atoms with Gasteiger partial charge in [0.05, 0.1) is 0 Å². The topological polar surface area (TPSA) is 86.5 Å². The van der Waals surface area contributed by atoms with Crippen molar-refractivity contribution in [2.75, 3.05) is 5.73 Å². The molecule has 7 heteroatoms. The van der Waals surface area contributed by atoms with Gasteiger partial charge < -0.3 is 9.92 Å². The van der Waals surface area contributed by atoms with Crippen molar-refractivity contribution in [1.82, 2.24) is 0 Å². The third kappa shape index (κ3) is 4.62. The van der Waals surface area contributed by atoms with E-state index in [9.17, 15) is 13.2 Å². The second-order valence-corrected chi connectivity index (χ2v) is 4.14. The van der Waals surface area contributed by atoms with E-state index in [2.05, 4.69) is 4.18 Å². The van der Waals surface area contributed by atoms with Crippen LogP contribution in [-0.4, -0.2) is 65.8 Å². The number of anilines is 1. The summed E-state index contributed by atoms with van der Waals surface area (Å²) < 4.78 is 26.7. The number of nitrogen functional groups attached to an aromatic ring is 1. The van der Waals surface area contributed by atoms with E-state index < -0.39 is 16.1 Å². The first-order valence-electron chi connectivity index (χ1n) is 3.72. The minimum atomic E-state index is -3.98. The monoisotopic (exact) mass is 254 g/mol. The Labute approximate surface area is 131 Å². The van der Waals surface area contributed by atoms with Gasteiger partial charge in [0.1, 0.15) is 4.90 Å². The number of carbonyl (C=O) groups is 1. The Kier molecular flexibility index (Phi) is 6.00. The number of hydrogen-bond acceptors (Lipinski definition) is 5. The number of carbonyl (C=O) groups excluding carboxylic acids is 1. The molecule has 0 spiro atoms. The van der Waals surface area contributed by atoms with Crippen molar-refractivity contribution >= 4 is 73.2 Å². The molecule has 0 fully saturated rings. The first-order valence-corrected chi connectivity index (χ1v) is 5.13. The van der Waals surface area contributed by atoms with Crippen LogP contribution >= 0.6 is 0 Å². The Balaban J connectivity index is 0.00000196. The SMILES string of the molecule is CC(=O)OS(=O)(=O)c1ccc(N)cc1.[K]. The molecule has 0 saturated carbocycles. The van der Waals surface area contributed by atoms with Gasteiger partial charge in [-0.25, -0.2) is 0 Å². The van der Waals surface area contributed by atoms with Gasteiger partial charge in [-0.15, -0.1) is 0 Å². The standard InChI is InChI=1S/C8H9NO4S.K/c1-6(10)13-14(11,12)8-4-2-7(9)3-5-8;/h2-5H,9H2,1H3;. The molecule has 1 radical (unpaired) electrons. The third-order valence-electron chi connectivity index (χ3n) is 1.40. The number of benzene rings is 1. The zero-order valence-electron chi connectivity index (χ0n) is 8.43. The van der Waals surface area contributed by atoms with Crippen LogP contribution in [-0.2, 0) is 19.1 Å². The summed E-state index contributed by atoms with van der Waals surface area (Å²) in [5, 5.41) is 0. The molecule has 0 unspecified atom stereocenters. The molecule has 0 saturated heterocycles. The fraction of sp³-hybridized carbons (Fsp3) is 0.125. The predicted molar refractivity (Wildman–Crippen MR) is 55.6 cm³/mol. The molecule has 0 amide bonds. The van der Waals surface area contributed by atoms with Crippen molar-refractivity contribution in [2.24, 2.45) is 0 Å². The van der Waals surface area contributed by atoms with Gasteiger partial charge >= 0.3 is 16.1 Å². The first kappa shape index (κ1) is 15.1. The third-order valence-corrected chi connectivity index (χ3v) is 2.70. The van der Waals surface area contributed by atoms with Gasteiger partial charge in [-0.3, -0.25) is 4.79 Å². The van der Waals surface area contributed by atoms with Gasteiger partial charge in [-0.2, -0.15) is 8.42 Å². The van der Waals surface area contributed by atoms with Gasteiger partial charge in [0.25, 0.3) is 0 Å². The van der Waals surface area contributed by atoms with Crippen molar-refractivity contribution in [3.63, 3.8) is 0 Å². The average Bonchev–Trinajstić information content (AvgIpc) is 2.02. The Bertz CT molecular complexity index is 440. The van der Waals surface area contributed by atoms with Crippen molar-refractivity contribution in [1.29, 1.82) is 0 Å². The fourth-order valence-corrected chi connectivity index (χ4v) is 1.71. The average molecular weight is 254 g/mol. The van der Waals surface area contributed by atoms with Crippen LogP contribution in [0.15, 0.2) is 29.2 Å². The Morgan fingerprint density at radius 1 is 1.27 bits per heavy atom. The maximum absolute atomic E-state index is 11.3. The molecular weight excluding hydrogens is 245 g/mol. The van der Waals surface area contributed by atoms with Crippen molar-refractivity contribution < 1.29 is 17.4 Å². The van der Waals surface area contributed by atoms with E-state index in [0.29, 0.717) is 5.69 Å². The van der Waals surface area contributed by atoms with Gasteiger partial charge in [-0.1, -0.05) is 0 Å². The summed E-state index contributed by atoms with van der Waals surface area (Å²) in [4.78, 5) is 10.4. The normalized spacial score (nSPS) is 10.2. The molecule has 0 aliphatic carbocycles. The summed E-state index contributed by atoms with van der Waals surface area (Å²) in [7, 11) is -3.98. The van der Waals surface area contributed by atoms with Crippen LogP contribution in [0.5, 0.6) is 0 Å². The molecule has 77 valence electrons. The molecule has 5 nitrogen and oxygen atoms in total. The second-order valence-electron chi connectivity index (χ2n) is 2.60. The second kappa shape index (κ2) is 5.97. The van der Waals surface area contributed by atoms with E-state index in [1.807, 2.05) is 0 Å². The summed E-state index contributed by atoms with van der Waals surface area (Å²) in [6.07, 6.45) is 0. The number of nitrogens with two attached hydrogens (primary N) is 1. The Morgan fingerprint density at radius 3 is 2.13 bits per heavy atom. The zero-order chi connectivity index (χ0) is 10.8. The molecule has 0 aliphatic rings. The van der Waals surface area contributed by atoms with E-state index in [1.54, 1.807) is 0 Å². The van der Waals surface area contributed by atoms with E-state index in [1.165, 1.54) is 24.3 Å². The molecule has 0 aromatic heterocycles. The zero-order valence-corrected chi connectivity index (χ0v) is 12.4. The number of hydrogen-bond donors (Lipinski definition) is 1. The van der Waals surface area contributed by atoms with Crippen LogP contribution in [0.1, 0.15) is 6.92 Å². The molecule has 0 aliphatic heterocycles. The summed E-state index contributed by atoms with van der Waals surface area (Å²) in [6.45, 7) is 1.02. The fourth-order valence-electron chi connectivity index (χ4n) is 0.837. The maximum atomic E-state index is 11.3. The molecule has 1 aromatic carbocycles. The summed E-state index contributed by atoms with van der Waals surface area (Å²) in [6, 6.07) is 5.37. The largest absolute Gasteiger partial charge is 0.399 e. The van der Waals surface area contributed by atoms with E-state index in [-0.39, 0.29) is 56.3 Å². The molecule has 0 atom stereocenters. The van der Waals surface area contributed by atoms with E-state index in [4.69, 9.17) is 5.73 Å². The predicted octanol–water partition coefficient (Wildman–Crippen LogP) is 0.140. The van der Waals surface area contributed by atoms with Crippen LogP contribution in [0.25, 0.3) is 0 Å². The van der Waals surface area contributed by atoms with E-state index >= 15 is 0 Å². The quantitative estimate of drug-likeness (QED) is 0.461. The Hall–Kier alpha value is 0.0764. The van der Waals surface area contributed by atoms with Crippen molar-refractivity contribution in [2.45, 2.75) is 11.8 Å². The Morgan fingerprint density at radius 2 is 1.73 bits per heavy atom. The molecular formula is C8H9KNO4S. The van der Waals surface area contributed by atoms with Crippen LogP contribution in [0, 0.1) is 0 Å². The van der Waals surface area contributed by atoms with Crippen molar-refractivity contribution in [3.05, 3.63) is 24.3 Å². The van der Waals surface area contributed by atoms with Crippen molar-refractivity contribution in [3.8, 4) is 0 Å². The molecule has 0 bridgehead atoms. The first-order chi connectivity index (χ1) is 6.42. The molecule has 2 N–H and O–H groups in total.